The van der Waals surface area contributed by atoms with Gasteiger partial charge in [0, 0.05) is 30.5 Å². The number of carbonyl (C=O) groups is 3. The van der Waals surface area contributed by atoms with Crippen LogP contribution >= 0.6 is 0 Å². The van der Waals surface area contributed by atoms with Crippen molar-refractivity contribution in [3.63, 3.8) is 0 Å². The largest absolute Gasteiger partial charge is 0.466 e. The van der Waals surface area contributed by atoms with Gasteiger partial charge in [0.15, 0.2) is 0 Å². The third-order valence-electron chi connectivity index (χ3n) is 2.02. The molecule has 0 aliphatic carbocycles. The summed E-state index contributed by atoms with van der Waals surface area (Å²) in [6.45, 7) is 1.39. The molecule has 0 aliphatic rings. The van der Waals surface area contributed by atoms with E-state index in [9.17, 15) is 14.4 Å². The molecule has 0 bridgehead atoms. The Kier molecular flexibility index (Phi) is 5.28. The van der Waals surface area contributed by atoms with Gasteiger partial charge in [0.1, 0.15) is 0 Å². The van der Waals surface area contributed by atoms with E-state index >= 15 is 0 Å². The van der Waals surface area contributed by atoms with Gasteiger partial charge in [-0.25, -0.2) is 4.79 Å². The predicted octanol–water partition coefficient (Wildman–Crippen LogP) is 1.31. The number of hydrogen-bond acceptors (Lipinski definition) is 4. The lowest BCUT2D eigenvalue weighted by Crippen LogP contribution is -2.10. The number of nitrogens with one attached hydrogen (secondary N) is 2. The van der Waals surface area contributed by atoms with Crippen LogP contribution < -0.4 is 10.6 Å². The summed E-state index contributed by atoms with van der Waals surface area (Å²) in [6, 6.07) is 6.65. The molecule has 1 rings (SSSR count). The molecule has 19 heavy (non-hydrogen) atoms. The van der Waals surface area contributed by atoms with E-state index in [-0.39, 0.29) is 5.91 Å². The zero-order chi connectivity index (χ0) is 14.3. The number of amides is 2. The van der Waals surface area contributed by atoms with E-state index in [0.29, 0.717) is 11.4 Å². The van der Waals surface area contributed by atoms with Crippen molar-refractivity contribution in [1.29, 1.82) is 0 Å². The summed E-state index contributed by atoms with van der Waals surface area (Å²) in [5.41, 5.74) is 1.08. The number of anilines is 2. The molecule has 0 fully saturated rings. The van der Waals surface area contributed by atoms with Gasteiger partial charge in [-0.15, -0.1) is 0 Å². The van der Waals surface area contributed by atoms with Crippen molar-refractivity contribution in [2.75, 3.05) is 17.7 Å². The number of benzene rings is 1. The van der Waals surface area contributed by atoms with Gasteiger partial charge in [0.05, 0.1) is 7.11 Å². The molecule has 0 aromatic heterocycles. The van der Waals surface area contributed by atoms with Crippen molar-refractivity contribution < 1.29 is 19.1 Å². The Hall–Kier alpha value is -2.63. The van der Waals surface area contributed by atoms with Crippen molar-refractivity contribution in [2.24, 2.45) is 0 Å². The molecular weight excluding hydrogens is 248 g/mol. The molecule has 0 saturated carbocycles. The smallest absolute Gasteiger partial charge is 0.330 e. The summed E-state index contributed by atoms with van der Waals surface area (Å²) in [4.78, 5) is 33.2. The second-order valence-corrected chi connectivity index (χ2v) is 3.61. The van der Waals surface area contributed by atoms with Crippen LogP contribution in [0.1, 0.15) is 6.92 Å². The first-order chi connectivity index (χ1) is 9.01. The lowest BCUT2D eigenvalue weighted by Gasteiger charge is -2.05. The van der Waals surface area contributed by atoms with E-state index in [4.69, 9.17) is 0 Å². The van der Waals surface area contributed by atoms with Gasteiger partial charge < -0.3 is 15.4 Å². The topological polar surface area (TPSA) is 84.5 Å². The van der Waals surface area contributed by atoms with E-state index in [1.807, 2.05) is 0 Å². The predicted molar refractivity (Wildman–Crippen MR) is 70.5 cm³/mol. The van der Waals surface area contributed by atoms with Crippen molar-refractivity contribution in [1.82, 2.24) is 0 Å². The van der Waals surface area contributed by atoms with Gasteiger partial charge in [-0.3, -0.25) is 9.59 Å². The Bertz CT molecular complexity index is 523. The fourth-order valence-electron chi connectivity index (χ4n) is 1.27. The molecule has 0 spiro atoms. The van der Waals surface area contributed by atoms with E-state index in [2.05, 4.69) is 15.4 Å². The Morgan fingerprint density at radius 2 is 1.74 bits per heavy atom. The Labute approximate surface area is 110 Å². The highest BCUT2D eigenvalue weighted by Crippen LogP contribution is 2.14. The standard InChI is InChI=1S/C13H14N2O4/c1-9(16)14-10-4-3-5-11(8-10)15-12(17)6-7-13(18)19-2/h3-8H,1-2H3,(H,14,16)(H,15,17)/b7-6+. The highest BCUT2D eigenvalue weighted by atomic mass is 16.5. The van der Waals surface area contributed by atoms with Gasteiger partial charge in [0.2, 0.25) is 11.8 Å². The molecule has 6 nitrogen and oxygen atoms in total. The number of methoxy groups -OCH3 is 1. The van der Waals surface area contributed by atoms with Crippen molar-refractivity contribution in [2.45, 2.75) is 6.92 Å². The van der Waals surface area contributed by atoms with Crippen LogP contribution in [0.25, 0.3) is 0 Å². The number of rotatable bonds is 4. The van der Waals surface area contributed by atoms with Crippen molar-refractivity contribution >= 4 is 29.2 Å². The van der Waals surface area contributed by atoms with Gasteiger partial charge in [-0.1, -0.05) is 6.07 Å². The molecule has 0 radical (unpaired) electrons. The first-order valence-corrected chi connectivity index (χ1v) is 5.46. The summed E-state index contributed by atoms with van der Waals surface area (Å²) in [5, 5.41) is 5.15. The minimum absolute atomic E-state index is 0.200. The minimum atomic E-state index is -0.609. The molecule has 2 N–H and O–H groups in total. The third kappa shape index (κ3) is 5.49. The van der Waals surface area contributed by atoms with Crippen LogP contribution in [0.3, 0.4) is 0 Å². The monoisotopic (exact) mass is 262 g/mol. The summed E-state index contributed by atoms with van der Waals surface area (Å²) >= 11 is 0. The number of esters is 1. The van der Waals surface area contributed by atoms with Gasteiger partial charge in [-0.2, -0.15) is 0 Å². The molecule has 0 saturated heterocycles. The maximum Gasteiger partial charge on any atom is 0.330 e. The van der Waals surface area contributed by atoms with Gasteiger partial charge in [-0.05, 0) is 18.2 Å². The Morgan fingerprint density at radius 3 is 2.32 bits per heavy atom. The lowest BCUT2D eigenvalue weighted by molar-refractivity contribution is -0.135. The van der Waals surface area contributed by atoms with E-state index in [0.717, 1.165) is 12.2 Å². The summed E-state index contributed by atoms with van der Waals surface area (Å²) in [6.07, 6.45) is 2.09. The Balaban J connectivity index is 2.66. The number of ether oxygens (including phenoxy) is 1. The van der Waals surface area contributed by atoms with Crippen molar-refractivity contribution in [3.8, 4) is 0 Å². The van der Waals surface area contributed by atoms with Crippen molar-refractivity contribution in [3.05, 3.63) is 36.4 Å². The summed E-state index contributed by atoms with van der Waals surface area (Å²) in [5.74, 6) is -1.28. The molecule has 1 aromatic rings. The second-order valence-electron chi connectivity index (χ2n) is 3.61. The summed E-state index contributed by atoms with van der Waals surface area (Å²) in [7, 11) is 1.22. The second kappa shape index (κ2) is 6.95. The van der Waals surface area contributed by atoms with E-state index in [1.54, 1.807) is 24.3 Å². The SMILES string of the molecule is COC(=O)/C=C/C(=O)Nc1cccc(NC(C)=O)c1. The summed E-state index contributed by atoms with van der Waals surface area (Å²) < 4.78 is 4.36. The maximum absolute atomic E-state index is 11.5. The average molecular weight is 262 g/mol. The molecule has 1 aromatic carbocycles. The highest BCUT2D eigenvalue weighted by Gasteiger charge is 2.01. The maximum atomic E-state index is 11.5. The van der Waals surface area contributed by atoms with E-state index in [1.165, 1.54) is 14.0 Å². The third-order valence-corrected chi connectivity index (χ3v) is 2.02. The average Bonchev–Trinajstić information content (AvgIpc) is 2.35. The normalized spacial score (nSPS) is 10.0. The number of hydrogen-bond donors (Lipinski definition) is 2. The quantitative estimate of drug-likeness (QED) is 0.633. The first kappa shape index (κ1) is 14.4. The van der Waals surface area contributed by atoms with Crippen LogP contribution in [0.4, 0.5) is 11.4 Å². The zero-order valence-corrected chi connectivity index (χ0v) is 10.6. The number of carbonyl (C=O) groups excluding carboxylic acids is 3. The fraction of sp³-hybridized carbons (Fsp3) is 0.154. The van der Waals surface area contributed by atoms with Crippen LogP contribution in [-0.2, 0) is 19.1 Å². The van der Waals surface area contributed by atoms with Crippen LogP contribution in [0.2, 0.25) is 0 Å². The molecule has 6 heteroatoms. The molecule has 0 unspecified atom stereocenters. The molecule has 0 heterocycles. The van der Waals surface area contributed by atoms with Crippen LogP contribution in [-0.4, -0.2) is 24.9 Å². The Morgan fingerprint density at radius 1 is 1.11 bits per heavy atom. The molecular formula is C13H14N2O4. The molecule has 100 valence electrons. The van der Waals surface area contributed by atoms with E-state index < -0.39 is 11.9 Å². The van der Waals surface area contributed by atoms with Crippen LogP contribution in [0, 0.1) is 0 Å². The lowest BCUT2D eigenvalue weighted by atomic mass is 10.2. The zero-order valence-electron chi connectivity index (χ0n) is 10.6. The minimum Gasteiger partial charge on any atom is -0.466 e. The highest BCUT2D eigenvalue weighted by molar-refractivity contribution is 6.03. The van der Waals surface area contributed by atoms with Crippen LogP contribution in [0.15, 0.2) is 36.4 Å². The van der Waals surface area contributed by atoms with Gasteiger partial charge >= 0.3 is 5.97 Å². The molecule has 0 aliphatic heterocycles. The first-order valence-electron chi connectivity index (χ1n) is 5.46. The molecule has 0 atom stereocenters. The molecule has 2 amide bonds. The van der Waals surface area contributed by atoms with Crippen LogP contribution in [0.5, 0.6) is 0 Å². The van der Waals surface area contributed by atoms with Gasteiger partial charge in [0.25, 0.3) is 0 Å². The fourth-order valence-corrected chi connectivity index (χ4v) is 1.27.